The van der Waals surface area contributed by atoms with Crippen molar-refractivity contribution in [3.05, 3.63) is 21.7 Å². The lowest BCUT2D eigenvalue weighted by Gasteiger charge is -2.16. The molecule has 1 rings (SSSR count). The second-order valence-corrected chi connectivity index (χ2v) is 4.15. The van der Waals surface area contributed by atoms with Crippen LogP contribution in [0, 0.1) is 13.8 Å². The number of phenolic OH excluding ortho intramolecular Hbond substituents is 1. The minimum Gasteiger partial charge on any atom is -0.504 e. The van der Waals surface area contributed by atoms with E-state index in [0.717, 1.165) is 0 Å². The molecule has 0 atom stereocenters. The van der Waals surface area contributed by atoms with E-state index in [1.54, 1.807) is 20.9 Å². The molecule has 1 aromatic carbocycles. The molecule has 0 aromatic heterocycles. The summed E-state index contributed by atoms with van der Waals surface area (Å²) in [6, 6.07) is 0. The van der Waals surface area contributed by atoms with Crippen LogP contribution in [0.15, 0.2) is 0 Å². The van der Waals surface area contributed by atoms with Gasteiger partial charge in [-0.05, 0) is 26.5 Å². The quantitative estimate of drug-likeness (QED) is 0.811. The molecule has 0 fully saturated rings. The first-order chi connectivity index (χ1) is 7.95. The summed E-state index contributed by atoms with van der Waals surface area (Å²) < 4.78 is 5.07. The van der Waals surface area contributed by atoms with Crippen molar-refractivity contribution in [1.82, 2.24) is 5.32 Å². The van der Waals surface area contributed by atoms with Crippen LogP contribution in [-0.2, 0) is 0 Å². The normalized spacial score (nSPS) is 10.4. The van der Waals surface area contributed by atoms with Gasteiger partial charge in [0, 0.05) is 5.56 Å². The summed E-state index contributed by atoms with van der Waals surface area (Å²) in [5.74, 6) is -0.116. The van der Waals surface area contributed by atoms with Gasteiger partial charge in [0.2, 0.25) is 0 Å². The Morgan fingerprint density at radius 1 is 1.41 bits per heavy atom. The topological polar surface area (TPSA) is 58.6 Å². The van der Waals surface area contributed by atoms with Gasteiger partial charge in [-0.25, -0.2) is 0 Å². The molecule has 0 aliphatic heterocycles. The zero-order chi connectivity index (χ0) is 13.2. The Morgan fingerprint density at radius 3 is 2.47 bits per heavy atom. The van der Waals surface area contributed by atoms with Crippen LogP contribution in [0.25, 0.3) is 0 Å². The third-order valence-corrected chi connectivity index (χ3v) is 3.21. The van der Waals surface area contributed by atoms with E-state index in [4.69, 9.17) is 16.3 Å². The molecule has 4 nitrogen and oxygen atoms in total. The number of likely N-dealkylation sites (N-methyl/N-ethyl adjacent to an activating group) is 1. The third kappa shape index (κ3) is 2.37. The van der Waals surface area contributed by atoms with Gasteiger partial charge in [0.25, 0.3) is 0 Å². The number of Topliss-reactive ketones (excluding diaryl/α,β-unsaturated/α-hetero) is 1. The van der Waals surface area contributed by atoms with Crippen LogP contribution in [-0.4, -0.2) is 31.6 Å². The highest BCUT2D eigenvalue weighted by molar-refractivity contribution is 6.33. The standard InChI is InChI=1S/C12H16ClNO3/c1-6-9(8(15)5-14-3)11(16)12(17-4)7(2)10(6)13/h14,16H,5H2,1-4H3. The summed E-state index contributed by atoms with van der Waals surface area (Å²) in [6.45, 7) is 3.58. The first kappa shape index (κ1) is 13.8. The van der Waals surface area contributed by atoms with E-state index in [0.29, 0.717) is 16.1 Å². The van der Waals surface area contributed by atoms with Crippen LogP contribution in [0.1, 0.15) is 21.5 Å². The zero-order valence-corrected chi connectivity index (χ0v) is 11.1. The average Bonchev–Trinajstić information content (AvgIpc) is 2.27. The summed E-state index contributed by atoms with van der Waals surface area (Å²) >= 11 is 6.12. The SMILES string of the molecule is CNCC(=O)c1c(C)c(Cl)c(C)c(OC)c1O. The highest BCUT2D eigenvalue weighted by Gasteiger charge is 2.23. The lowest BCUT2D eigenvalue weighted by Crippen LogP contribution is -2.20. The van der Waals surface area contributed by atoms with Gasteiger partial charge in [0.1, 0.15) is 0 Å². The number of hydrogen-bond donors (Lipinski definition) is 2. The molecule has 94 valence electrons. The maximum absolute atomic E-state index is 11.9. The summed E-state index contributed by atoms with van der Waals surface area (Å²) in [5, 5.41) is 13.2. The van der Waals surface area contributed by atoms with Gasteiger partial charge in [0.15, 0.2) is 17.3 Å². The minimum absolute atomic E-state index is 0.136. The first-order valence-electron chi connectivity index (χ1n) is 5.19. The number of hydrogen-bond acceptors (Lipinski definition) is 4. The van der Waals surface area contributed by atoms with Gasteiger partial charge >= 0.3 is 0 Å². The van der Waals surface area contributed by atoms with Crippen molar-refractivity contribution in [2.24, 2.45) is 0 Å². The van der Waals surface area contributed by atoms with Crippen LogP contribution >= 0.6 is 11.6 Å². The third-order valence-electron chi connectivity index (χ3n) is 2.65. The number of aromatic hydroxyl groups is 1. The molecule has 0 saturated carbocycles. The van der Waals surface area contributed by atoms with Gasteiger partial charge in [-0.15, -0.1) is 0 Å². The van der Waals surface area contributed by atoms with Gasteiger partial charge in [-0.1, -0.05) is 11.6 Å². The highest BCUT2D eigenvalue weighted by Crippen LogP contribution is 2.41. The number of phenols is 1. The Hall–Kier alpha value is -1.26. The largest absolute Gasteiger partial charge is 0.504 e. The molecule has 0 aliphatic carbocycles. The molecular formula is C12H16ClNO3. The van der Waals surface area contributed by atoms with Crippen LogP contribution in [0.3, 0.4) is 0 Å². The Bertz CT molecular complexity index is 458. The van der Waals surface area contributed by atoms with E-state index in [-0.39, 0.29) is 29.4 Å². The first-order valence-corrected chi connectivity index (χ1v) is 5.56. The number of ketones is 1. The molecule has 0 aliphatic rings. The second-order valence-electron chi connectivity index (χ2n) is 3.77. The number of carbonyl (C=O) groups is 1. The molecule has 0 radical (unpaired) electrons. The van der Waals surface area contributed by atoms with E-state index < -0.39 is 0 Å². The van der Waals surface area contributed by atoms with Crippen molar-refractivity contribution in [2.75, 3.05) is 20.7 Å². The monoisotopic (exact) mass is 257 g/mol. The predicted octanol–water partition coefficient (Wildman–Crippen LogP) is 2.07. The van der Waals surface area contributed by atoms with Gasteiger partial charge in [-0.2, -0.15) is 0 Å². The predicted molar refractivity (Wildman–Crippen MR) is 67.4 cm³/mol. The van der Waals surface area contributed by atoms with E-state index in [2.05, 4.69) is 5.32 Å². The molecular weight excluding hydrogens is 242 g/mol. The lowest BCUT2D eigenvalue weighted by atomic mass is 9.99. The smallest absolute Gasteiger partial charge is 0.180 e. The van der Waals surface area contributed by atoms with Crippen molar-refractivity contribution < 1.29 is 14.6 Å². The van der Waals surface area contributed by atoms with Crippen LogP contribution in [0.4, 0.5) is 0 Å². The lowest BCUT2D eigenvalue weighted by molar-refractivity contribution is 0.0990. The average molecular weight is 258 g/mol. The number of nitrogens with one attached hydrogen (secondary N) is 1. The maximum Gasteiger partial charge on any atom is 0.180 e. The highest BCUT2D eigenvalue weighted by atomic mass is 35.5. The molecule has 0 heterocycles. The number of carbonyl (C=O) groups excluding carboxylic acids is 1. The van der Waals surface area contributed by atoms with Crippen molar-refractivity contribution in [2.45, 2.75) is 13.8 Å². The van der Waals surface area contributed by atoms with E-state index >= 15 is 0 Å². The molecule has 0 saturated heterocycles. The Labute approximate surface area is 106 Å². The van der Waals surface area contributed by atoms with Crippen molar-refractivity contribution in [1.29, 1.82) is 0 Å². The number of rotatable bonds is 4. The molecule has 17 heavy (non-hydrogen) atoms. The van der Waals surface area contributed by atoms with Crippen molar-refractivity contribution >= 4 is 17.4 Å². The molecule has 0 bridgehead atoms. The van der Waals surface area contributed by atoms with E-state index in [9.17, 15) is 9.90 Å². The maximum atomic E-state index is 11.9. The van der Waals surface area contributed by atoms with E-state index in [1.165, 1.54) is 7.11 Å². The molecule has 2 N–H and O–H groups in total. The fraction of sp³-hybridized carbons (Fsp3) is 0.417. The number of benzene rings is 1. The van der Waals surface area contributed by atoms with Gasteiger partial charge in [-0.3, -0.25) is 4.79 Å². The van der Waals surface area contributed by atoms with Crippen LogP contribution < -0.4 is 10.1 Å². The number of methoxy groups -OCH3 is 1. The molecule has 0 amide bonds. The fourth-order valence-corrected chi connectivity index (χ4v) is 1.98. The summed E-state index contributed by atoms with van der Waals surface area (Å²) in [6.07, 6.45) is 0. The zero-order valence-electron chi connectivity index (χ0n) is 10.3. The molecule has 0 spiro atoms. The van der Waals surface area contributed by atoms with Crippen LogP contribution in [0.2, 0.25) is 5.02 Å². The Kier molecular flexibility index (Phi) is 4.37. The molecule has 1 aromatic rings. The Morgan fingerprint density at radius 2 is 2.00 bits per heavy atom. The summed E-state index contributed by atoms with van der Waals surface area (Å²) in [4.78, 5) is 11.9. The number of halogens is 1. The van der Waals surface area contributed by atoms with Crippen molar-refractivity contribution in [3.63, 3.8) is 0 Å². The second kappa shape index (κ2) is 5.38. The molecule has 5 heteroatoms. The summed E-state index contributed by atoms with van der Waals surface area (Å²) in [7, 11) is 3.09. The fourth-order valence-electron chi connectivity index (χ4n) is 1.80. The van der Waals surface area contributed by atoms with Gasteiger partial charge in [0.05, 0.1) is 24.2 Å². The minimum atomic E-state index is -0.220. The van der Waals surface area contributed by atoms with E-state index in [1.807, 2.05) is 0 Å². The number of ether oxygens (including phenoxy) is 1. The van der Waals surface area contributed by atoms with Crippen LogP contribution in [0.5, 0.6) is 11.5 Å². The van der Waals surface area contributed by atoms with Crippen molar-refractivity contribution in [3.8, 4) is 11.5 Å². The Balaban J connectivity index is 3.50. The summed E-state index contributed by atoms with van der Waals surface area (Å²) in [5.41, 5.74) is 1.42. The molecule has 0 unspecified atom stereocenters. The van der Waals surface area contributed by atoms with Gasteiger partial charge < -0.3 is 15.2 Å².